The van der Waals surface area contributed by atoms with E-state index in [9.17, 15) is 4.79 Å². The standard InChI is InChI=1S/C13H11ClINO3/c1-3-19-13(17)8-6-16-10-5-9(15)11(18-2)4-7(10)12(8)14/h4-6H,3H2,1-2H3. The van der Waals surface area contributed by atoms with Crippen molar-refractivity contribution in [3.8, 4) is 5.75 Å². The van der Waals surface area contributed by atoms with Crippen LogP contribution < -0.4 is 4.74 Å². The van der Waals surface area contributed by atoms with Crippen molar-refractivity contribution in [2.45, 2.75) is 6.92 Å². The average molecular weight is 392 g/mol. The van der Waals surface area contributed by atoms with Crippen molar-refractivity contribution in [2.75, 3.05) is 13.7 Å². The summed E-state index contributed by atoms with van der Waals surface area (Å²) in [4.78, 5) is 16.0. The molecule has 0 bridgehead atoms. The molecule has 0 saturated heterocycles. The number of ether oxygens (including phenoxy) is 2. The Morgan fingerprint density at radius 2 is 2.21 bits per heavy atom. The van der Waals surface area contributed by atoms with Crippen LogP contribution in [-0.4, -0.2) is 24.7 Å². The first-order chi connectivity index (χ1) is 9.08. The van der Waals surface area contributed by atoms with Gasteiger partial charge in [0.05, 0.1) is 33.4 Å². The molecule has 0 fully saturated rings. The fourth-order valence-corrected chi connectivity index (χ4v) is 2.62. The van der Waals surface area contributed by atoms with E-state index in [0.29, 0.717) is 28.3 Å². The Balaban J connectivity index is 2.63. The molecule has 100 valence electrons. The monoisotopic (exact) mass is 391 g/mol. The highest BCUT2D eigenvalue weighted by Gasteiger charge is 2.16. The molecular formula is C13H11ClINO3. The van der Waals surface area contributed by atoms with Crippen LogP contribution in [0.25, 0.3) is 10.9 Å². The van der Waals surface area contributed by atoms with E-state index in [-0.39, 0.29) is 5.56 Å². The summed E-state index contributed by atoms with van der Waals surface area (Å²) >= 11 is 8.41. The summed E-state index contributed by atoms with van der Waals surface area (Å²) in [7, 11) is 1.58. The minimum Gasteiger partial charge on any atom is -0.496 e. The number of rotatable bonds is 3. The molecule has 1 heterocycles. The second-order valence-corrected chi connectivity index (χ2v) is 5.25. The minimum atomic E-state index is -0.473. The fraction of sp³-hybridized carbons (Fsp3) is 0.231. The number of benzene rings is 1. The molecule has 2 rings (SSSR count). The van der Waals surface area contributed by atoms with E-state index < -0.39 is 5.97 Å². The van der Waals surface area contributed by atoms with Gasteiger partial charge in [0, 0.05) is 11.6 Å². The van der Waals surface area contributed by atoms with Gasteiger partial charge in [-0.25, -0.2) is 4.79 Å². The third-order valence-electron chi connectivity index (χ3n) is 2.57. The summed E-state index contributed by atoms with van der Waals surface area (Å²) in [6, 6.07) is 3.63. The van der Waals surface area contributed by atoms with Crippen LogP contribution in [-0.2, 0) is 4.74 Å². The zero-order valence-electron chi connectivity index (χ0n) is 10.4. The van der Waals surface area contributed by atoms with Gasteiger partial charge in [-0.05, 0) is 41.6 Å². The summed E-state index contributed by atoms with van der Waals surface area (Å²) in [5.74, 6) is 0.220. The molecule has 4 nitrogen and oxygen atoms in total. The van der Waals surface area contributed by atoms with Gasteiger partial charge in [-0.3, -0.25) is 4.98 Å². The molecule has 1 aromatic carbocycles. The Morgan fingerprint density at radius 1 is 1.47 bits per heavy atom. The lowest BCUT2D eigenvalue weighted by Crippen LogP contribution is -2.06. The van der Waals surface area contributed by atoms with Crippen LogP contribution >= 0.6 is 34.2 Å². The second kappa shape index (κ2) is 5.92. The van der Waals surface area contributed by atoms with E-state index >= 15 is 0 Å². The van der Waals surface area contributed by atoms with E-state index in [1.54, 1.807) is 20.1 Å². The van der Waals surface area contributed by atoms with E-state index in [2.05, 4.69) is 27.6 Å². The lowest BCUT2D eigenvalue weighted by Gasteiger charge is -2.09. The van der Waals surface area contributed by atoms with Crippen molar-refractivity contribution in [3.63, 3.8) is 0 Å². The molecule has 0 aliphatic rings. The molecule has 6 heteroatoms. The summed E-state index contributed by atoms with van der Waals surface area (Å²) in [5.41, 5.74) is 0.975. The zero-order chi connectivity index (χ0) is 14.0. The third-order valence-corrected chi connectivity index (χ3v) is 3.82. The van der Waals surface area contributed by atoms with Gasteiger partial charge in [-0.15, -0.1) is 0 Å². The van der Waals surface area contributed by atoms with E-state index in [1.807, 2.05) is 6.07 Å². The number of methoxy groups -OCH3 is 1. The van der Waals surface area contributed by atoms with Gasteiger partial charge in [0.25, 0.3) is 0 Å². The van der Waals surface area contributed by atoms with Crippen LogP contribution in [0.2, 0.25) is 5.02 Å². The summed E-state index contributed by atoms with van der Waals surface area (Å²) in [6.07, 6.45) is 1.44. The van der Waals surface area contributed by atoms with Gasteiger partial charge in [0.1, 0.15) is 5.75 Å². The van der Waals surface area contributed by atoms with Crippen LogP contribution in [0.1, 0.15) is 17.3 Å². The van der Waals surface area contributed by atoms with Crippen LogP contribution in [0.4, 0.5) is 0 Å². The predicted octanol–water partition coefficient (Wildman–Crippen LogP) is 3.68. The molecule has 0 N–H and O–H groups in total. The molecule has 1 aromatic heterocycles. The van der Waals surface area contributed by atoms with E-state index in [0.717, 1.165) is 3.57 Å². The van der Waals surface area contributed by atoms with Gasteiger partial charge in [-0.2, -0.15) is 0 Å². The number of carbonyl (C=O) groups excluding carboxylic acids is 1. The smallest absolute Gasteiger partial charge is 0.341 e. The normalized spacial score (nSPS) is 10.5. The topological polar surface area (TPSA) is 48.4 Å². The van der Waals surface area contributed by atoms with Gasteiger partial charge in [-0.1, -0.05) is 11.6 Å². The predicted molar refractivity (Wildman–Crippen MR) is 82.0 cm³/mol. The molecule has 0 unspecified atom stereocenters. The molecule has 0 aliphatic carbocycles. The molecule has 19 heavy (non-hydrogen) atoms. The quantitative estimate of drug-likeness (QED) is 0.592. The van der Waals surface area contributed by atoms with E-state index in [4.69, 9.17) is 21.1 Å². The number of nitrogens with zero attached hydrogens (tertiary/aromatic N) is 1. The van der Waals surface area contributed by atoms with Gasteiger partial charge >= 0.3 is 5.97 Å². The molecule has 0 aliphatic heterocycles. The van der Waals surface area contributed by atoms with Crippen molar-refractivity contribution in [1.29, 1.82) is 0 Å². The highest BCUT2D eigenvalue weighted by atomic mass is 127. The first kappa shape index (κ1) is 14.3. The molecule has 0 radical (unpaired) electrons. The number of hydrogen-bond acceptors (Lipinski definition) is 4. The second-order valence-electron chi connectivity index (χ2n) is 3.71. The maximum absolute atomic E-state index is 11.8. The fourth-order valence-electron chi connectivity index (χ4n) is 1.67. The highest BCUT2D eigenvalue weighted by molar-refractivity contribution is 14.1. The lowest BCUT2D eigenvalue weighted by atomic mass is 10.1. The first-order valence-electron chi connectivity index (χ1n) is 5.57. The average Bonchev–Trinajstić information content (AvgIpc) is 2.38. The van der Waals surface area contributed by atoms with Crippen LogP contribution in [0.15, 0.2) is 18.3 Å². The van der Waals surface area contributed by atoms with Crippen LogP contribution in [0.5, 0.6) is 5.75 Å². The van der Waals surface area contributed by atoms with Crippen molar-refractivity contribution < 1.29 is 14.3 Å². The Labute approximate surface area is 129 Å². The van der Waals surface area contributed by atoms with Crippen molar-refractivity contribution in [2.24, 2.45) is 0 Å². The van der Waals surface area contributed by atoms with Crippen molar-refractivity contribution in [1.82, 2.24) is 4.98 Å². The molecule has 0 saturated carbocycles. The van der Waals surface area contributed by atoms with Crippen molar-refractivity contribution in [3.05, 3.63) is 32.5 Å². The molecular weight excluding hydrogens is 381 g/mol. The number of fused-ring (bicyclic) bond motifs is 1. The number of halogens is 2. The Bertz CT molecular complexity index is 645. The number of pyridine rings is 1. The molecule has 0 atom stereocenters. The number of carbonyl (C=O) groups is 1. The highest BCUT2D eigenvalue weighted by Crippen LogP contribution is 2.32. The van der Waals surface area contributed by atoms with E-state index in [1.165, 1.54) is 6.20 Å². The Morgan fingerprint density at radius 3 is 2.84 bits per heavy atom. The molecule has 0 spiro atoms. The van der Waals surface area contributed by atoms with Crippen molar-refractivity contribution >= 4 is 51.1 Å². The maximum Gasteiger partial charge on any atom is 0.341 e. The minimum absolute atomic E-state index is 0.263. The molecule has 0 amide bonds. The molecule has 2 aromatic rings. The largest absolute Gasteiger partial charge is 0.496 e. The van der Waals surface area contributed by atoms with Crippen LogP contribution in [0.3, 0.4) is 0 Å². The number of hydrogen-bond donors (Lipinski definition) is 0. The SMILES string of the molecule is CCOC(=O)c1cnc2cc(I)c(OC)cc2c1Cl. The van der Waals surface area contributed by atoms with Gasteiger partial charge in [0.15, 0.2) is 0 Å². The lowest BCUT2D eigenvalue weighted by molar-refractivity contribution is 0.0526. The first-order valence-corrected chi connectivity index (χ1v) is 7.03. The third kappa shape index (κ3) is 2.76. The number of esters is 1. The zero-order valence-corrected chi connectivity index (χ0v) is 13.3. The summed E-state index contributed by atoms with van der Waals surface area (Å²) < 4.78 is 11.1. The summed E-state index contributed by atoms with van der Waals surface area (Å²) in [6.45, 7) is 2.04. The van der Waals surface area contributed by atoms with Crippen LogP contribution in [0, 0.1) is 3.57 Å². The van der Waals surface area contributed by atoms with Gasteiger partial charge < -0.3 is 9.47 Å². The maximum atomic E-state index is 11.8. The Kier molecular flexibility index (Phi) is 4.46. The van der Waals surface area contributed by atoms with Gasteiger partial charge in [0.2, 0.25) is 0 Å². The number of aromatic nitrogens is 1. The summed E-state index contributed by atoms with van der Waals surface area (Å²) in [5, 5.41) is 1.00. The Hall–Kier alpha value is -1.08.